The number of aliphatic hydroxyl groups excluding tert-OH is 1. The molecule has 9 heavy (non-hydrogen) atoms. The molecular weight excluding hydrogens is 144 g/mol. The summed E-state index contributed by atoms with van der Waals surface area (Å²) in [7, 11) is 0. The van der Waals surface area contributed by atoms with Gasteiger partial charge in [-0.3, -0.25) is 4.55 Å². The lowest BCUT2D eigenvalue weighted by Crippen LogP contribution is -2.33. The Balaban J connectivity index is 3.16. The van der Waals surface area contributed by atoms with E-state index in [2.05, 4.69) is 4.72 Å². The molecule has 0 aromatic rings. The Hall–Kier alpha value is -0.0100. The Morgan fingerprint density at radius 2 is 2.33 bits per heavy atom. The van der Waals surface area contributed by atoms with Crippen LogP contribution in [0.5, 0.6) is 0 Å². The van der Waals surface area contributed by atoms with Crippen LogP contribution in [0.25, 0.3) is 0 Å². The zero-order valence-corrected chi connectivity index (χ0v) is 5.60. The first-order valence-corrected chi connectivity index (χ1v) is 3.50. The number of hydrogen-bond acceptors (Lipinski definition) is 3. The second-order valence-corrected chi connectivity index (χ2v) is 2.27. The van der Waals surface area contributed by atoms with Crippen LogP contribution in [0, 0.1) is 0 Å². The van der Waals surface area contributed by atoms with Crippen molar-refractivity contribution in [3.8, 4) is 0 Å². The maximum atomic E-state index is 9.87. The van der Waals surface area contributed by atoms with E-state index in [1.807, 2.05) is 0 Å². The van der Waals surface area contributed by atoms with Crippen LogP contribution in [0.15, 0.2) is 0 Å². The van der Waals surface area contributed by atoms with Gasteiger partial charge in [-0.1, -0.05) is 0 Å². The van der Waals surface area contributed by atoms with Crippen molar-refractivity contribution in [3.05, 3.63) is 0 Å². The first-order valence-electron chi connectivity index (χ1n) is 2.39. The van der Waals surface area contributed by atoms with Crippen LogP contribution in [0.1, 0.15) is 0 Å². The van der Waals surface area contributed by atoms with Crippen LogP contribution in [0.3, 0.4) is 0 Å². The van der Waals surface area contributed by atoms with Crippen molar-refractivity contribution < 1.29 is 13.9 Å². The van der Waals surface area contributed by atoms with E-state index in [-0.39, 0.29) is 13.1 Å². The minimum atomic E-state index is -2.05. The number of nitrogens with one attached hydrogen (secondary N) is 1. The van der Waals surface area contributed by atoms with Crippen molar-refractivity contribution in [1.29, 1.82) is 0 Å². The molecule has 0 fully saturated rings. The lowest BCUT2D eigenvalue weighted by atomic mass is 10.4. The third-order valence-corrected chi connectivity index (χ3v) is 1.13. The smallest absolute Gasteiger partial charge is 0.231 e. The van der Waals surface area contributed by atoms with E-state index >= 15 is 0 Å². The van der Waals surface area contributed by atoms with Crippen molar-refractivity contribution in [1.82, 2.24) is 4.72 Å². The highest BCUT2D eigenvalue weighted by Gasteiger charge is 2.00. The highest BCUT2D eigenvalue weighted by atomic mass is 32.2. The molecule has 0 aliphatic carbocycles. The van der Waals surface area contributed by atoms with Crippen LogP contribution in [0.2, 0.25) is 0 Å². The summed E-state index contributed by atoms with van der Waals surface area (Å²) in [5.41, 5.74) is 4.99. The Kier molecular flexibility index (Phi) is 4.83. The van der Waals surface area contributed by atoms with Gasteiger partial charge in [0.05, 0.1) is 6.10 Å². The molecule has 6 heteroatoms. The summed E-state index contributed by atoms with van der Waals surface area (Å²) >= 11 is -2.05. The van der Waals surface area contributed by atoms with Gasteiger partial charge in [-0.2, -0.15) is 0 Å². The first-order chi connectivity index (χ1) is 4.16. The highest BCUT2D eigenvalue weighted by molar-refractivity contribution is 7.77. The fourth-order valence-electron chi connectivity index (χ4n) is 0.251. The van der Waals surface area contributed by atoms with E-state index in [9.17, 15) is 4.21 Å². The summed E-state index contributed by atoms with van der Waals surface area (Å²) in [5, 5.41) is 8.67. The Morgan fingerprint density at radius 1 is 1.78 bits per heavy atom. The molecule has 2 unspecified atom stereocenters. The normalized spacial score (nSPS) is 17.2. The van der Waals surface area contributed by atoms with E-state index < -0.39 is 17.4 Å². The summed E-state index contributed by atoms with van der Waals surface area (Å²) in [6, 6.07) is 0. The van der Waals surface area contributed by atoms with Crippen molar-refractivity contribution in [2.75, 3.05) is 13.1 Å². The molecule has 56 valence electrons. The Labute approximate surface area is 55.7 Å². The molecule has 5 N–H and O–H groups in total. The van der Waals surface area contributed by atoms with Gasteiger partial charge in [-0.25, -0.2) is 8.93 Å². The zero-order chi connectivity index (χ0) is 7.28. The fraction of sp³-hybridized carbons (Fsp3) is 1.00. The van der Waals surface area contributed by atoms with Crippen molar-refractivity contribution >= 4 is 11.3 Å². The van der Waals surface area contributed by atoms with Gasteiger partial charge in [-0.15, -0.1) is 0 Å². The highest BCUT2D eigenvalue weighted by Crippen LogP contribution is 1.74. The molecule has 0 aromatic heterocycles. The number of nitrogens with two attached hydrogens (primary N) is 1. The average Bonchev–Trinajstić information content (AvgIpc) is 1.83. The minimum Gasteiger partial charge on any atom is -0.390 e. The second kappa shape index (κ2) is 4.83. The Bertz CT molecular complexity index is 99.1. The number of aliphatic hydroxyl groups is 1. The van der Waals surface area contributed by atoms with Gasteiger partial charge >= 0.3 is 0 Å². The molecule has 0 rings (SSSR count). The summed E-state index contributed by atoms with van der Waals surface area (Å²) in [6.07, 6.45) is -0.749. The van der Waals surface area contributed by atoms with Crippen LogP contribution in [-0.4, -0.2) is 33.1 Å². The summed E-state index contributed by atoms with van der Waals surface area (Å²) in [4.78, 5) is 0. The zero-order valence-electron chi connectivity index (χ0n) is 4.78. The molecular formula is C3H10N2O3S. The fourth-order valence-corrected chi connectivity index (χ4v) is 0.586. The standard InChI is InChI=1S/C3H10N2O3S/c4-1-3(6)2-5-9(7)8/h3,5-6H,1-2,4H2,(H,7,8). The van der Waals surface area contributed by atoms with E-state index in [1.54, 1.807) is 0 Å². The van der Waals surface area contributed by atoms with Crippen LogP contribution >= 0.6 is 0 Å². The monoisotopic (exact) mass is 154 g/mol. The van der Waals surface area contributed by atoms with E-state index in [0.717, 1.165) is 0 Å². The van der Waals surface area contributed by atoms with Gasteiger partial charge in [-0.05, 0) is 0 Å². The number of rotatable bonds is 4. The van der Waals surface area contributed by atoms with Gasteiger partial charge in [0.25, 0.3) is 0 Å². The maximum absolute atomic E-state index is 9.87. The average molecular weight is 154 g/mol. The molecule has 0 aliphatic rings. The Morgan fingerprint density at radius 3 is 2.67 bits per heavy atom. The molecule has 0 saturated heterocycles. The molecule has 0 bridgehead atoms. The minimum absolute atomic E-state index is 0.0413. The van der Waals surface area contributed by atoms with Crippen LogP contribution in [-0.2, 0) is 11.3 Å². The largest absolute Gasteiger partial charge is 0.390 e. The van der Waals surface area contributed by atoms with Crippen LogP contribution < -0.4 is 10.5 Å². The van der Waals surface area contributed by atoms with Gasteiger partial charge in [0.15, 0.2) is 0 Å². The first kappa shape index (κ1) is 8.99. The molecule has 0 heterocycles. The van der Waals surface area contributed by atoms with E-state index in [1.165, 1.54) is 0 Å². The molecule has 0 amide bonds. The van der Waals surface area contributed by atoms with Gasteiger partial charge in [0, 0.05) is 13.1 Å². The van der Waals surface area contributed by atoms with E-state index in [4.69, 9.17) is 15.4 Å². The van der Waals surface area contributed by atoms with E-state index in [0.29, 0.717) is 0 Å². The maximum Gasteiger partial charge on any atom is 0.231 e. The SMILES string of the molecule is NCC(O)CNS(=O)O. The van der Waals surface area contributed by atoms with Gasteiger partial charge in [0.2, 0.25) is 11.3 Å². The summed E-state index contributed by atoms with van der Waals surface area (Å²) in [6.45, 7) is 0.129. The van der Waals surface area contributed by atoms with Crippen LogP contribution in [0.4, 0.5) is 0 Å². The summed E-state index contributed by atoms with van der Waals surface area (Å²) in [5.74, 6) is 0. The quantitative estimate of drug-likeness (QED) is 0.353. The molecule has 2 atom stereocenters. The third kappa shape index (κ3) is 5.87. The molecule has 0 saturated carbocycles. The lowest BCUT2D eigenvalue weighted by molar-refractivity contribution is 0.186. The van der Waals surface area contributed by atoms with Crippen molar-refractivity contribution in [3.63, 3.8) is 0 Å². The molecule has 5 nitrogen and oxygen atoms in total. The van der Waals surface area contributed by atoms with Crippen molar-refractivity contribution in [2.45, 2.75) is 6.10 Å². The molecule has 0 aliphatic heterocycles. The predicted octanol–water partition coefficient (Wildman–Crippen LogP) is -1.97. The molecule has 0 radical (unpaired) electrons. The van der Waals surface area contributed by atoms with Gasteiger partial charge < -0.3 is 10.8 Å². The molecule has 0 spiro atoms. The molecule has 0 aromatic carbocycles. The second-order valence-electron chi connectivity index (χ2n) is 1.49. The third-order valence-electron chi connectivity index (χ3n) is 0.715. The van der Waals surface area contributed by atoms with Gasteiger partial charge in [0.1, 0.15) is 0 Å². The lowest BCUT2D eigenvalue weighted by Gasteiger charge is -2.04. The van der Waals surface area contributed by atoms with Crippen molar-refractivity contribution in [2.24, 2.45) is 5.73 Å². The topological polar surface area (TPSA) is 95.6 Å². The number of hydrogen-bond donors (Lipinski definition) is 4. The summed E-state index contributed by atoms with van der Waals surface area (Å²) < 4.78 is 20.1. The predicted molar refractivity (Wildman–Crippen MR) is 33.8 cm³/mol.